The quantitative estimate of drug-likeness (QED) is 0.815. The summed E-state index contributed by atoms with van der Waals surface area (Å²) in [6.45, 7) is 6.39. The number of rotatable bonds is 6. The van der Waals surface area contributed by atoms with Crippen molar-refractivity contribution in [3.63, 3.8) is 0 Å². The minimum Gasteiger partial charge on any atom is -0.481 e. The molecule has 7 heteroatoms. The summed E-state index contributed by atoms with van der Waals surface area (Å²) >= 11 is 0. The van der Waals surface area contributed by atoms with Gasteiger partial charge in [0.1, 0.15) is 0 Å². The van der Waals surface area contributed by atoms with E-state index in [1.165, 1.54) is 0 Å². The molecule has 2 atom stereocenters. The van der Waals surface area contributed by atoms with E-state index in [9.17, 15) is 19.5 Å². The fourth-order valence-electron chi connectivity index (χ4n) is 3.53. The van der Waals surface area contributed by atoms with Gasteiger partial charge in [-0.2, -0.15) is 4.98 Å². The molecule has 0 unspecified atom stereocenters. The largest absolute Gasteiger partial charge is 0.481 e. The van der Waals surface area contributed by atoms with Gasteiger partial charge in [0.25, 0.3) is 0 Å². The van der Waals surface area contributed by atoms with E-state index in [0.717, 1.165) is 24.1 Å². The van der Waals surface area contributed by atoms with Gasteiger partial charge < -0.3 is 15.0 Å². The van der Waals surface area contributed by atoms with Crippen LogP contribution >= 0.6 is 0 Å². The zero-order chi connectivity index (χ0) is 17.9. The summed E-state index contributed by atoms with van der Waals surface area (Å²) in [6.07, 6.45) is 2.52. The number of hydrogen-bond acceptors (Lipinski definition) is 4. The Bertz CT molecular complexity index is 657. The lowest BCUT2D eigenvalue weighted by molar-refractivity contribution is -0.142. The van der Waals surface area contributed by atoms with Crippen molar-refractivity contribution in [1.82, 2.24) is 14.9 Å². The van der Waals surface area contributed by atoms with Gasteiger partial charge in [0.2, 0.25) is 5.91 Å². The molecule has 0 bridgehead atoms. The van der Waals surface area contributed by atoms with E-state index in [1.807, 2.05) is 6.92 Å². The smallest absolute Gasteiger partial charge is 0.345 e. The maximum absolute atomic E-state index is 12.5. The number of aliphatic carboxylic acids is 1. The average Bonchev–Trinajstić information content (AvgIpc) is 2.90. The van der Waals surface area contributed by atoms with Crippen molar-refractivity contribution < 1.29 is 14.7 Å². The molecule has 7 nitrogen and oxygen atoms in total. The topological polar surface area (TPSA) is 103 Å². The molecule has 0 aliphatic carbocycles. The number of amides is 1. The number of hydrogen-bond donors (Lipinski definition) is 2. The molecule has 1 amide bonds. The number of carbonyl (C=O) groups excluding carboxylic acids is 1. The fourth-order valence-corrected chi connectivity index (χ4v) is 3.53. The third-order valence-corrected chi connectivity index (χ3v) is 4.81. The highest BCUT2D eigenvalue weighted by Gasteiger charge is 2.38. The van der Waals surface area contributed by atoms with Crippen LogP contribution in [0.15, 0.2) is 4.79 Å². The van der Waals surface area contributed by atoms with Gasteiger partial charge in [-0.3, -0.25) is 9.59 Å². The molecule has 0 saturated carbocycles. The third kappa shape index (κ3) is 4.01. The van der Waals surface area contributed by atoms with Crippen LogP contribution < -0.4 is 5.69 Å². The molecule has 1 aliphatic heterocycles. The molecule has 1 aromatic heterocycles. The zero-order valence-corrected chi connectivity index (χ0v) is 14.5. The van der Waals surface area contributed by atoms with Gasteiger partial charge in [0, 0.05) is 30.9 Å². The molecule has 24 heavy (non-hydrogen) atoms. The number of carboxylic acids is 1. The molecule has 2 rings (SSSR count). The first kappa shape index (κ1) is 18.2. The SMILES string of the molecule is CCC[C@@H]1CN(C(=O)CCc2c(C)nc(=O)[nH]c2C)C[C@H]1C(=O)O. The Morgan fingerprint density at radius 1 is 1.33 bits per heavy atom. The number of nitrogens with one attached hydrogen (secondary N) is 1. The second kappa shape index (κ2) is 7.59. The van der Waals surface area contributed by atoms with Crippen molar-refractivity contribution in [1.29, 1.82) is 0 Å². The van der Waals surface area contributed by atoms with E-state index in [4.69, 9.17) is 0 Å². The molecule has 2 heterocycles. The van der Waals surface area contributed by atoms with Gasteiger partial charge in [-0.15, -0.1) is 0 Å². The number of carboxylic acid groups (broad SMARTS) is 1. The summed E-state index contributed by atoms with van der Waals surface area (Å²) in [4.78, 5) is 43.3. The van der Waals surface area contributed by atoms with Gasteiger partial charge in [-0.05, 0) is 38.2 Å². The lowest BCUT2D eigenvalue weighted by atomic mass is 9.92. The van der Waals surface area contributed by atoms with Gasteiger partial charge in [-0.1, -0.05) is 13.3 Å². The highest BCUT2D eigenvalue weighted by atomic mass is 16.4. The Morgan fingerprint density at radius 3 is 2.62 bits per heavy atom. The van der Waals surface area contributed by atoms with Crippen LogP contribution in [0.4, 0.5) is 0 Å². The van der Waals surface area contributed by atoms with Crippen LogP contribution in [0.25, 0.3) is 0 Å². The normalized spacial score (nSPS) is 20.4. The maximum atomic E-state index is 12.5. The summed E-state index contributed by atoms with van der Waals surface area (Å²) in [5, 5.41) is 9.34. The third-order valence-electron chi connectivity index (χ3n) is 4.81. The number of aromatic amines is 1. The van der Waals surface area contributed by atoms with Crippen LogP contribution in [0.3, 0.4) is 0 Å². The summed E-state index contributed by atoms with van der Waals surface area (Å²) in [7, 11) is 0. The molecule has 0 radical (unpaired) electrons. The zero-order valence-electron chi connectivity index (χ0n) is 14.5. The van der Waals surface area contributed by atoms with Crippen molar-refractivity contribution in [3.05, 3.63) is 27.4 Å². The van der Waals surface area contributed by atoms with Crippen molar-refractivity contribution in [2.24, 2.45) is 11.8 Å². The molecule has 1 fully saturated rings. The first-order valence-electron chi connectivity index (χ1n) is 8.40. The Morgan fingerprint density at radius 2 is 2.04 bits per heavy atom. The minimum atomic E-state index is -0.819. The van der Waals surface area contributed by atoms with Crippen LogP contribution in [0.2, 0.25) is 0 Å². The fraction of sp³-hybridized carbons (Fsp3) is 0.647. The van der Waals surface area contributed by atoms with Crippen molar-refractivity contribution in [2.75, 3.05) is 13.1 Å². The van der Waals surface area contributed by atoms with Crippen LogP contribution in [0.1, 0.15) is 43.1 Å². The second-order valence-electron chi connectivity index (χ2n) is 6.52. The molecule has 0 aromatic carbocycles. The second-order valence-corrected chi connectivity index (χ2v) is 6.52. The Kier molecular flexibility index (Phi) is 5.75. The number of carbonyl (C=O) groups is 2. The summed E-state index contributed by atoms with van der Waals surface area (Å²) in [6, 6.07) is 0. The molecule has 1 aliphatic rings. The standard InChI is InChI=1S/C17H25N3O4/c1-4-5-12-8-20(9-14(12)16(22)23)15(21)7-6-13-10(2)18-17(24)19-11(13)3/h12,14H,4-9H2,1-3H3,(H,22,23)(H,18,19,24)/t12-,14-/m1/s1. The van der Waals surface area contributed by atoms with Gasteiger partial charge in [0.15, 0.2) is 0 Å². The van der Waals surface area contributed by atoms with Crippen LogP contribution in [0.5, 0.6) is 0 Å². The molecule has 1 saturated heterocycles. The monoisotopic (exact) mass is 335 g/mol. The number of H-pyrrole nitrogens is 1. The highest BCUT2D eigenvalue weighted by Crippen LogP contribution is 2.28. The molecular weight excluding hydrogens is 310 g/mol. The van der Waals surface area contributed by atoms with Crippen LogP contribution in [-0.2, 0) is 16.0 Å². The van der Waals surface area contributed by atoms with E-state index in [1.54, 1.807) is 18.7 Å². The number of aryl methyl sites for hydroxylation is 2. The Hall–Kier alpha value is -2.18. The van der Waals surface area contributed by atoms with Crippen molar-refractivity contribution in [2.45, 2.75) is 46.5 Å². The molecule has 2 N–H and O–H groups in total. The van der Waals surface area contributed by atoms with E-state index < -0.39 is 11.9 Å². The first-order chi connectivity index (χ1) is 11.3. The van der Waals surface area contributed by atoms with Gasteiger partial charge in [-0.25, -0.2) is 4.79 Å². The molecular formula is C17H25N3O4. The number of nitrogens with zero attached hydrogens (tertiary/aromatic N) is 2. The van der Waals surface area contributed by atoms with Gasteiger partial charge in [0.05, 0.1) is 5.92 Å². The van der Waals surface area contributed by atoms with Crippen LogP contribution in [-0.4, -0.2) is 44.9 Å². The Balaban J connectivity index is 2.01. The average molecular weight is 335 g/mol. The van der Waals surface area contributed by atoms with E-state index >= 15 is 0 Å². The molecule has 1 aromatic rings. The minimum absolute atomic E-state index is 0.0367. The van der Waals surface area contributed by atoms with E-state index in [0.29, 0.717) is 31.6 Å². The predicted molar refractivity (Wildman–Crippen MR) is 88.8 cm³/mol. The predicted octanol–water partition coefficient (Wildman–Crippen LogP) is 1.28. The number of aromatic nitrogens is 2. The van der Waals surface area contributed by atoms with Crippen LogP contribution in [0, 0.1) is 25.7 Å². The van der Waals surface area contributed by atoms with Crippen molar-refractivity contribution >= 4 is 11.9 Å². The Labute approximate surface area is 141 Å². The summed E-state index contributed by atoms with van der Waals surface area (Å²) < 4.78 is 0. The number of likely N-dealkylation sites (tertiary alicyclic amines) is 1. The summed E-state index contributed by atoms with van der Waals surface area (Å²) in [5.41, 5.74) is 1.86. The lowest BCUT2D eigenvalue weighted by Crippen LogP contribution is -2.30. The van der Waals surface area contributed by atoms with E-state index in [2.05, 4.69) is 9.97 Å². The molecule has 0 spiro atoms. The van der Waals surface area contributed by atoms with Gasteiger partial charge >= 0.3 is 11.7 Å². The molecule has 132 valence electrons. The first-order valence-corrected chi connectivity index (χ1v) is 8.40. The van der Waals surface area contributed by atoms with E-state index in [-0.39, 0.29) is 17.5 Å². The maximum Gasteiger partial charge on any atom is 0.345 e. The lowest BCUT2D eigenvalue weighted by Gasteiger charge is -2.17. The summed E-state index contributed by atoms with van der Waals surface area (Å²) in [5.74, 6) is -1.29. The highest BCUT2D eigenvalue weighted by molar-refractivity contribution is 5.79. The van der Waals surface area contributed by atoms with Crippen molar-refractivity contribution in [3.8, 4) is 0 Å².